The number of carbonyl (C=O) groups is 2. The van der Waals surface area contributed by atoms with Crippen LogP contribution in [0.3, 0.4) is 0 Å². The molecule has 1 aromatic carbocycles. The van der Waals surface area contributed by atoms with Crippen LogP contribution < -0.4 is 0 Å². The number of amides is 2. The van der Waals surface area contributed by atoms with E-state index in [1.807, 2.05) is 6.07 Å². The van der Waals surface area contributed by atoms with E-state index < -0.39 is 16.7 Å². The van der Waals surface area contributed by atoms with Crippen LogP contribution in [0.15, 0.2) is 51.5 Å². The lowest BCUT2D eigenvalue weighted by Crippen LogP contribution is -2.39. The lowest BCUT2D eigenvalue weighted by atomic mass is 9.95. The molecule has 0 spiro atoms. The van der Waals surface area contributed by atoms with E-state index in [1.54, 1.807) is 12.1 Å². The van der Waals surface area contributed by atoms with E-state index in [0.29, 0.717) is 5.56 Å². The van der Waals surface area contributed by atoms with Crippen LogP contribution >= 0.6 is 11.6 Å². The molecule has 8 nitrogen and oxygen atoms in total. The number of benzene rings is 1. The van der Waals surface area contributed by atoms with Crippen molar-refractivity contribution in [2.45, 2.75) is 6.92 Å². The van der Waals surface area contributed by atoms with E-state index in [0.717, 1.165) is 4.90 Å². The molecule has 2 aromatic rings. The highest BCUT2D eigenvalue weighted by molar-refractivity contribution is 6.33. The Balaban J connectivity index is 2.06. The molecular weight excluding hydrogens is 386 g/mol. The van der Waals surface area contributed by atoms with Gasteiger partial charge in [0.25, 0.3) is 17.5 Å². The van der Waals surface area contributed by atoms with Gasteiger partial charge in [-0.3, -0.25) is 24.6 Å². The Kier molecular flexibility index (Phi) is 4.86. The second-order valence-electron chi connectivity index (χ2n) is 5.96. The molecular formula is C19H12ClN3O5. The first-order valence-electron chi connectivity index (χ1n) is 7.94. The maximum atomic E-state index is 12.4. The van der Waals surface area contributed by atoms with E-state index in [-0.39, 0.29) is 38.9 Å². The molecule has 9 heteroatoms. The third-order valence-electron chi connectivity index (χ3n) is 4.28. The molecule has 0 saturated carbocycles. The van der Waals surface area contributed by atoms with Gasteiger partial charge >= 0.3 is 0 Å². The molecule has 1 aliphatic rings. The average Bonchev–Trinajstić information content (AvgIpc) is 3.12. The summed E-state index contributed by atoms with van der Waals surface area (Å²) in [7, 11) is 1.29. The SMILES string of the molecule is CC1=C(C#N)C(=O)N(C)C(=O)/C1=C/c1ccc(-c2cc([N+](=O)[O-])ccc2Cl)o1. The summed E-state index contributed by atoms with van der Waals surface area (Å²) in [5.74, 6) is -0.686. The first kappa shape index (κ1) is 19.1. The number of nitriles is 1. The molecule has 0 bridgehead atoms. The smallest absolute Gasteiger partial charge is 0.271 e. The predicted molar refractivity (Wildman–Crippen MR) is 99.9 cm³/mol. The van der Waals surface area contributed by atoms with Crippen molar-refractivity contribution in [1.29, 1.82) is 5.26 Å². The van der Waals surface area contributed by atoms with Gasteiger partial charge in [0.2, 0.25) is 0 Å². The van der Waals surface area contributed by atoms with Gasteiger partial charge in [0.05, 0.1) is 9.95 Å². The number of likely N-dealkylation sites (N-methyl/N-ethyl adjacent to an activating group) is 1. The number of halogens is 1. The van der Waals surface area contributed by atoms with Crippen LogP contribution in [-0.2, 0) is 9.59 Å². The number of rotatable bonds is 3. The molecule has 0 radical (unpaired) electrons. The average molecular weight is 398 g/mol. The van der Waals surface area contributed by atoms with Crippen molar-refractivity contribution in [3.8, 4) is 17.4 Å². The Hall–Kier alpha value is -3.70. The first-order chi connectivity index (χ1) is 13.2. The normalized spacial score (nSPS) is 15.9. The molecule has 2 heterocycles. The van der Waals surface area contributed by atoms with Crippen LogP contribution in [0.2, 0.25) is 5.02 Å². The summed E-state index contributed by atoms with van der Waals surface area (Å²) in [6, 6.07) is 8.89. The Morgan fingerprint density at radius 1 is 1.25 bits per heavy atom. The number of non-ortho nitro benzene ring substituents is 1. The van der Waals surface area contributed by atoms with Crippen LogP contribution in [0.4, 0.5) is 5.69 Å². The number of imide groups is 1. The summed E-state index contributed by atoms with van der Waals surface area (Å²) in [5.41, 5.74) is 0.456. The zero-order valence-corrected chi connectivity index (χ0v) is 15.5. The fourth-order valence-electron chi connectivity index (χ4n) is 2.73. The van der Waals surface area contributed by atoms with Gasteiger partial charge in [0.15, 0.2) is 0 Å². The van der Waals surface area contributed by atoms with Gasteiger partial charge < -0.3 is 4.42 Å². The van der Waals surface area contributed by atoms with Crippen molar-refractivity contribution in [3.05, 3.63) is 67.9 Å². The Morgan fingerprint density at radius 2 is 1.96 bits per heavy atom. The van der Waals surface area contributed by atoms with Gasteiger partial charge in [-0.2, -0.15) is 5.26 Å². The van der Waals surface area contributed by atoms with Crippen molar-refractivity contribution >= 4 is 35.2 Å². The van der Waals surface area contributed by atoms with Crippen molar-refractivity contribution in [2.24, 2.45) is 0 Å². The molecule has 1 aliphatic heterocycles. The van der Waals surface area contributed by atoms with Crippen molar-refractivity contribution in [2.75, 3.05) is 7.05 Å². The Labute approximate surface area is 164 Å². The summed E-state index contributed by atoms with van der Waals surface area (Å²) >= 11 is 6.12. The molecule has 0 saturated heterocycles. The molecule has 3 rings (SSSR count). The van der Waals surface area contributed by atoms with Crippen LogP contribution in [0.25, 0.3) is 17.4 Å². The monoisotopic (exact) mass is 397 g/mol. The Bertz CT molecular complexity index is 1140. The molecule has 0 unspecified atom stereocenters. The quantitative estimate of drug-likeness (QED) is 0.337. The molecule has 0 N–H and O–H groups in total. The number of hydrogen-bond acceptors (Lipinski definition) is 6. The van der Waals surface area contributed by atoms with Crippen molar-refractivity contribution in [1.82, 2.24) is 4.90 Å². The number of nitro groups is 1. The lowest BCUT2D eigenvalue weighted by Gasteiger charge is -2.23. The van der Waals surface area contributed by atoms with Gasteiger partial charge in [0, 0.05) is 30.3 Å². The molecule has 2 amide bonds. The number of carbonyl (C=O) groups excluding carboxylic acids is 2. The maximum absolute atomic E-state index is 12.4. The number of furan rings is 1. The number of hydrogen-bond donors (Lipinski definition) is 0. The predicted octanol–water partition coefficient (Wildman–Crippen LogP) is 3.73. The third kappa shape index (κ3) is 3.19. The van der Waals surface area contributed by atoms with Gasteiger partial charge in [-0.25, -0.2) is 0 Å². The third-order valence-corrected chi connectivity index (χ3v) is 4.61. The minimum absolute atomic E-state index is 0.123. The highest BCUT2D eigenvalue weighted by atomic mass is 35.5. The van der Waals surface area contributed by atoms with Gasteiger partial charge in [-0.1, -0.05) is 11.6 Å². The van der Waals surface area contributed by atoms with E-state index in [4.69, 9.17) is 16.0 Å². The van der Waals surface area contributed by atoms with Gasteiger partial charge in [-0.05, 0) is 36.8 Å². The zero-order valence-electron chi connectivity index (χ0n) is 14.7. The summed E-state index contributed by atoms with van der Waals surface area (Å²) < 4.78 is 5.67. The zero-order chi connectivity index (χ0) is 20.6. The van der Waals surface area contributed by atoms with Crippen molar-refractivity contribution in [3.63, 3.8) is 0 Å². The second kappa shape index (κ2) is 7.13. The van der Waals surface area contributed by atoms with Crippen LogP contribution in [0, 0.1) is 21.4 Å². The molecule has 0 fully saturated rings. The van der Waals surface area contributed by atoms with E-state index in [1.165, 1.54) is 38.2 Å². The summed E-state index contributed by atoms with van der Waals surface area (Å²) in [4.78, 5) is 35.7. The molecule has 140 valence electrons. The lowest BCUT2D eigenvalue weighted by molar-refractivity contribution is -0.384. The van der Waals surface area contributed by atoms with E-state index in [9.17, 15) is 25.0 Å². The summed E-state index contributed by atoms with van der Waals surface area (Å²) in [6.07, 6.45) is 1.41. The van der Waals surface area contributed by atoms with E-state index >= 15 is 0 Å². The van der Waals surface area contributed by atoms with Gasteiger partial charge in [0.1, 0.15) is 23.2 Å². The molecule has 28 heavy (non-hydrogen) atoms. The first-order valence-corrected chi connectivity index (χ1v) is 8.32. The number of nitrogens with zero attached hydrogens (tertiary/aromatic N) is 3. The van der Waals surface area contributed by atoms with Crippen LogP contribution in [0.1, 0.15) is 12.7 Å². The standard InChI is InChI=1S/C19H12ClN3O5/c1-10-13(18(24)22(2)19(25)15(10)9-21)8-12-4-6-17(28-12)14-7-11(23(26)27)3-5-16(14)20/h3-8H,1-2H3/b13-8+. The highest BCUT2D eigenvalue weighted by Gasteiger charge is 2.33. The molecule has 1 aromatic heterocycles. The molecule has 0 aliphatic carbocycles. The largest absolute Gasteiger partial charge is 0.457 e. The maximum Gasteiger partial charge on any atom is 0.271 e. The van der Waals surface area contributed by atoms with Crippen LogP contribution in [0.5, 0.6) is 0 Å². The second-order valence-corrected chi connectivity index (χ2v) is 6.37. The summed E-state index contributed by atoms with van der Waals surface area (Å²) in [6.45, 7) is 1.51. The fourth-order valence-corrected chi connectivity index (χ4v) is 2.94. The minimum Gasteiger partial charge on any atom is -0.457 e. The molecule has 0 atom stereocenters. The van der Waals surface area contributed by atoms with E-state index in [2.05, 4.69) is 0 Å². The summed E-state index contributed by atoms with van der Waals surface area (Å²) in [5, 5.41) is 20.4. The topological polar surface area (TPSA) is 117 Å². The minimum atomic E-state index is -0.661. The highest BCUT2D eigenvalue weighted by Crippen LogP contribution is 2.34. The van der Waals surface area contributed by atoms with Crippen molar-refractivity contribution < 1.29 is 18.9 Å². The Morgan fingerprint density at radius 3 is 2.61 bits per heavy atom. The fraction of sp³-hybridized carbons (Fsp3) is 0.105. The van der Waals surface area contributed by atoms with Gasteiger partial charge in [-0.15, -0.1) is 0 Å². The van der Waals surface area contributed by atoms with Crippen LogP contribution in [-0.4, -0.2) is 28.7 Å². The number of nitro benzene ring substituents is 1.